The van der Waals surface area contributed by atoms with Gasteiger partial charge in [-0.1, -0.05) is 32.0 Å². The van der Waals surface area contributed by atoms with Crippen LogP contribution >= 0.6 is 24.0 Å². The molecule has 23 heavy (non-hydrogen) atoms. The van der Waals surface area contributed by atoms with E-state index in [1.165, 1.54) is 18.4 Å². The van der Waals surface area contributed by atoms with Crippen molar-refractivity contribution in [2.75, 3.05) is 20.2 Å². The maximum Gasteiger partial charge on any atom is 0.191 e. The number of nitrogens with zero attached hydrogens (tertiary/aromatic N) is 1. The lowest BCUT2D eigenvalue weighted by molar-refractivity contribution is 0.296. The molecule has 4 nitrogen and oxygen atoms in total. The van der Waals surface area contributed by atoms with Crippen LogP contribution in [0.15, 0.2) is 29.3 Å². The fourth-order valence-electron chi connectivity index (χ4n) is 2.16. The largest absolute Gasteiger partial charge is 0.493 e. The molecular formula is C18H30IN3O. The molecule has 2 rings (SSSR count). The Hall–Kier alpha value is -0.980. The van der Waals surface area contributed by atoms with Crippen molar-refractivity contribution in [3.05, 3.63) is 29.8 Å². The monoisotopic (exact) mass is 431 g/mol. The highest BCUT2D eigenvalue weighted by atomic mass is 127. The molecule has 1 saturated carbocycles. The second-order valence-electron chi connectivity index (χ2n) is 6.40. The molecule has 0 saturated heterocycles. The van der Waals surface area contributed by atoms with Gasteiger partial charge in [-0.2, -0.15) is 0 Å². The first-order valence-electron chi connectivity index (χ1n) is 8.34. The number of hydrogen-bond donors (Lipinski definition) is 2. The van der Waals surface area contributed by atoms with Crippen LogP contribution in [-0.4, -0.2) is 26.2 Å². The Kier molecular flexibility index (Phi) is 9.36. The molecule has 0 unspecified atom stereocenters. The summed E-state index contributed by atoms with van der Waals surface area (Å²) in [5, 5.41) is 6.71. The number of ether oxygens (including phenoxy) is 1. The van der Waals surface area contributed by atoms with Crippen LogP contribution in [-0.2, 0) is 6.54 Å². The summed E-state index contributed by atoms with van der Waals surface area (Å²) in [5.74, 6) is 3.30. The van der Waals surface area contributed by atoms with Gasteiger partial charge in [-0.25, -0.2) is 0 Å². The molecule has 2 N–H and O–H groups in total. The zero-order chi connectivity index (χ0) is 15.8. The van der Waals surface area contributed by atoms with Crippen LogP contribution in [0.3, 0.4) is 0 Å². The maximum absolute atomic E-state index is 5.94. The Morgan fingerprint density at radius 2 is 2.00 bits per heavy atom. The number of aliphatic imine (C=N–C) groups is 1. The van der Waals surface area contributed by atoms with Crippen molar-refractivity contribution in [2.45, 2.75) is 39.7 Å². The van der Waals surface area contributed by atoms with Gasteiger partial charge in [0.25, 0.3) is 0 Å². The Morgan fingerprint density at radius 1 is 1.26 bits per heavy atom. The van der Waals surface area contributed by atoms with Gasteiger partial charge >= 0.3 is 0 Å². The molecule has 1 aliphatic carbocycles. The molecule has 0 atom stereocenters. The summed E-state index contributed by atoms with van der Waals surface area (Å²) < 4.78 is 5.94. The Labute approximate surface area is 157 Å². The molecule has 130 valence electrons. The van der Waals surface area contributed by atoms with Gasteiger partial charge < -0.3 is 15.4 Å². The van der Waals surface area contributed by atoms with E-state index in [1.54, 1.807) is 7.05 Å². The summed E-state index contributed by atoms with van der Waals surface area (Å²) in [7, 11) is 1.81. The predicted octanol–water partition coefficient (Wildman–Crippen LogP) is 3.80. The number of para-hydroxylation sites is 1. The van der Waals surface area contributed by atoms with Crippen LogP contribution in [0.5, 0.6) is 5.75 Å². The minimum Gasteiger partial charge on any atom is -0.493 e. The van der Waals surface area contributed by atoms with Gasteiger partial charge in [0.2, 0.25) is 0 Å². The van der Waals surface area contributed by atoms with Crippen LogP contribution in [0.2, 0.25) is 0 Å². The summed E-state index contributed by atoms with van der Waals surface area (Å²) >= 11 is 0. The Balaban J connectivity index is 0.00000264. The van der Waals surface area contributed by atoms with E-state index in [1.807, 2.05) is 12.1 Å². The van der Waals surface area contributed by atoms with E-state index in [4.69, 9.17) is 4.74 Å². The second-order valence-corrected chi connectivity index (χ2v) is 6.40. The van der Waals surface area contributed by atoms with E-state index in [9.17, 15) is 0 Å². The van der Waals surface area contributed by atoms with Gasteiger partial charge in [-0.3, -0.25) is 4.99 Å². The molecule has 1 aromatic carbocycles. The first-order valence-corrected chi connectivity index (χ1v) is 8.34. The molecule has 1 aliphatic rings. The van der Waals surface area contributed by atoms with Crippen LogP contribution in [0.1, 0.15) is 38.7 Å². The van der Waals surface area contributed by atoms with Crippen molar-refractivity contribution in [3.63, 3.8) is 0 Å². The number of halogens is 1. The van der Waals surface area contributed by atoms with Gasteiger partial charge in [-0.15, -0.1) is 24.0 Å². The normalized spacial score (nSPS) is 14.3. The van der Waals surface area contributed by atoms with Gasteiger partial charge in [0.15, 0.2) is 5.96 Å². The minimum absolute atomic E-state index is 0. The molecule has 1 aromatic rings. The molecule has 0 radical (unpaired) electrons. The molecule has 1 fully saturated rings. The topological polar surface area (TPSA) is 45.7 Å². The van der Waals surface area contributed by atoms with Crippen molar-refractivity contribution in [3.8, 4) is 5.75 Å². The lowest BCUT2D eigenvalue weighted by Crippen LogP contribution is -2.37. The van der Waals surface area contributed by atoms with E-state index in [2.05, 4.69) is 41.6 Å². The summed E-state index contributed by atoms with van der Waals surface area (Å²) in [6.07, 6.45) is 3.77. The zero-order valence-corrected chi connectivity index (χ0v) is 16.8. The van der Waals surface area contributed by atoms with Crippen molar-refractivity contribution >= 4 is 29.9 Å². The number of benzene rings is 1. The molecule has 5 heteroatoms. The summed E-state index contributed by atoms with van der Waals surface area (Å²) in [5.41, 5.74) is 1.18. The lowest BCUT2D eigenvalue weighted by atomic mass is 10.1. The molecule has 0 spiro atoms. The van der Waals surface area contributed by atoms with Gasteiger partial charge in [0.05, 0.1) is 6.61 Å². The highest BCUT2D eigenvalue weighted by molar-refractivity contribution is 14.0. The van der Waals surface area contributed by atoms with Crippen LogP contribution < -0.4 is 15.4 Å². The Morgan fingerprint density at radius 3 is 2.65 bits per heavy atom. The van der Waals surface area contributed by atoms with Crippen LogP contribution in [0.25, 0.3) is 0 Å². The summed E-state index contributed by atoms with van der Waals surface area (Å²) in [6.45, 7) is 6.97. The highest BCUT2D eigenvalue weighted by Crippen LogP contribution is 2.30. The third-order valence-electron chi connectivity index (χ3n) is 3.83. The predicted molar refractivity (Wildman–Crippen MR) is 108 cm³/mol. The summed E-state index contributed by atoms with van der Waals surface area (Å²) in [6, 6.07) is 8.24. The van der Waals surface area contributed by atoms with Gasteiger partial charge in [0.1, 0.15) is 5.75 Å². The first kappa shape index (κ1) is 20.1. The number of hydrogen-bond acceptors (Lipinski definition) is 2. The average molecular weight is 431 g/mol. The second kappa shape index (κ2) is 10.7. The van der Waals surface area contributed by atoms with Gasteiger partial charge in [-0.05, 0) is 37.2 Å². The van der Waals surface area contributed by atoms with E-state index in [0.717, 1.165) is 43.7 Å². The molecule has 0 amide bonds. The first-order chi connectivity index (χ1) is 10.7. The van der Waals surface area contributed by atoms with E-state index >= 15 is 0 Å². The molecule has 0 aromatic heterocycles. The van der Waals surface area contributed by atoms with Crippen molar-refractivity contribution in [2.24, 2.45) is 16.8 Å². The van der Waals surface area contributed by atoms with E-state index in [0.29, 0.717) is 5.92 Å². The minimum atomic E-state index is 0. The molecule has 0 heterocycles. The third-order valence-corrected chi connectivity index (χ3v) is 3.83. The Bertz CT molecular complexity index is 487. The van der Waals surface area contributed by atoms with Gasteiger partial charge in [0, 0.05) is 25.7 Å². The number of guanidine groups is 1. The number of rotatable bonds is 8. The maximum atomic E-state index is 5.94. The fourth-order valence-corrected chi connectivity index (χ4v) is 2.16. The van der Waals surface area contributed by atoms with Crippen molar-refractivity contribution in [1.29, 1.82) is 0 Å². The van der Waals surface area contributed by atoms with Crippen molar-refractivity contribution in [1.82, 2.24) is 10.6 Å². The van der Waals surface area contributed by atoms with Crippen LogP contribution in [0, 0.1) is 11.8 Å². The fraction of sp³-hybridized carbons (Fsp3) is 0.611. The molecule has 0 aliphatic heterocycles. The SMILES string of the molecule is CN=C(NCCC(C)C)NCc1ccccc1OCC1CC1.I. The standard InChI is InChI=1S/C18H29N3O.HI/c1-14(2)10-11-20-18(19-3)21-12-16-6-4-5-7-17(16)22-13-15-8-9-15;/h4-7,14-15H,8-13H2,1-3H3,(H2,19,20,21);1H. The van der Waals surface area contributed by atoms with Crippen LogP contribution in [0.4, 0.5) is 0 Å². The van der Waals surface area contributed by atoms with E-state index < -0.39 is 0 Å². The lowest BCUT2D eigenvalue weighted by Gasteiger charge is -2.15. The smallest absolute Gasteiger partial charge is 0.191 e. The quantitative estimate of drug-likeness (QED) is 0.374. The average Bonchev–Trinajstić information content (AvgIpc) is 3.33. The zero-order valence-electron chi connectivity index (χ0n) is 14.5. The van der Waals surface area contributed by atoms with E-state index in [-0.39, 0.29) is 24.0 Å². The number of nitrogens with one attached hydrogen (secondary N) is 2. The highest BCUT2D eigenvalue weighted by Gasteiger charge is 2.22. The van der Waals surface area contributed by atoms with Crippen molar-refractivity contribution < 1.29 is 4.74 Å². The third kappa shape index (κ3) is 7.90. The summed E-state index contributed by atoms with van der Waals surface area (Å²) in [4.78, 5) is 4.27. The molecular weight excluding hydrogens is 401 g/mol. The molecule has 0 bridgehead atoms.